The summed E-state index contributed by atoms with van der Waals surface area (Å²) in [6, 6.07) is 0. The second-order valence-electron chi connectivity index (χ2n) is 4.36. The Hall–Kier alpha value is -2.05. The maximum absolute atomic E-state index is 10.9. The van der Waals surface area contributed by atoms with E-state index in [-0.39, 0.29) is 19.0 Å². The summed E-state index contributed by atoms with van der Waals surface area (Å²) >= 11 is -2.60. The number of rotatable bonds is 10. The Balaban J connectivity index is 2.42. The lowest BCUT2D eigenvalue weighted by molar-refractivity contribution is -0.137. The molecule has 1 unspecified atom stereocenters. The van der Waals surface area contributed by atoms with Gasteiger partial charge >= 0.3 is 5.97 Å². The Labute approximate surface area is 129 Å². The minimum atomic E-state index is -2.60. The van der Waals surface area contributed by atoms with Gasteiger partial charge in [-0.1, -0.05) is 5.21 Å². The van der Waals surface area contributed by atoms with E-state index in [1.807, 2.05) is 0 Å². The summed E-state index contributed by atoms with van der Waals surface area (Å²) in [4.78, 5) is 14.4. The lowest BCUT2D eigenvalue weighted by Crippen LogP contribution is -2.34. The Morgan fingerprint density at radius 2 is 2.27 bits per heavy atom. The summed E-state index contributed by atoms with van der Waals surface area (Å²) in [6.45, 7) is 0.105. The number of carboxylic acid groups (broad SMARTS) is 1. The highest BCUT2D eigenvalue weighted by molar-refractivity contribution is 7.76. The Kier molecular flexibility index (Phi) is 7.42. The van der Waals surface area contributed by atoms with Crippen LogP contribution in [0.5, 0.6) is 0 Å². The lowest BCUT2D eigenvalue weighted by Gasteiger charge is -2.21. The molecule has 5 N–H and O–H groups in total. The predicted octanol–water partition coefficient (Wildman–Crippen LogP) is -2.34. The van der Waals surface area contributed by atoms with Crippen molar-refractivity contribution >= 4 is 23.2 Å². The molecule has 12 heteroatoms. The molecule has 0 aliphatic heterocycles. The van der Waals surface area contributed by atoms with Crippen LogP contribution in [0.15, 0.2) is 11.2 Å². The fraction of sp³-hybridized carbons (Fsp3) is 0.600. The van der Waals surface area contributed by atoms with Gasteiger partial charge in [0.1, 0.15) is 6.54 Å². The number of nitrogens with two attached hydrogens (primary N) is 2. The number of aryl methyl sites for hydroxylation is 1. The van der Waals surface area contributed by atoms with E-state index in [0.717, 1.165) is 10.00 Å². The highest BCUT2D eigenvalue weighted by Gasteiger charge is 2.11. The van der Waals surface area contributed by atoms with Gasteiger partial charge in [-0.2, -0.15) is 0 Å². The molecule has 11 nitrogen and oxygen atoms in total. The quantitative estimate of drug-likeness (QED) is 0.185. The molecule has 1 atom stereocenters. The van der Waals surface area contributed by atoms with E-state index in [4.69, 9.17) is 16.6 Å². The van der Waals surface area contributed by atoms with E-state index in [0.29, 0.717) is 19.4 Å². The van der Waals surface area contributed by atoms with Crippen molar-refractivity contribution in [2.45, 2.75) is 19.4 Å². The number of aliphatic carboxylic acids is 1. The molecule has 0 aromatic carbocycles. The van der Waals surface area contributed by atoms with Gasteiger partial charge in [-0.15, -0.1) is 5.10 Å². The van der Waals surface area contributed by atoms with E-state index in [1.165, 1.54) is 4.68 Å². The summed E-state index contributed by atoms with van der Waals surface area (Å²) < 4.78 is 24.0. The van der Waals surface area contributed by atoms with E-state index in [1.54, 1.807) is 6.20 Å². The predicted molar refractivity (Wildman–Crippen MR) is 77.1 cm³/mol. The first-order valence-electron chi connectivity index (χ1n) is 6.39. The van der Waals surface area contributed by atoms with Crippen LogP contribution in [0.25, 0.3) is 0 Å². The van der Waals surface area contributed by atoms with Crippen LogP contribution in [-0.2, 0) is 29.0 Å². The SMILES string of the molecule is NC(N)=NCCCc1cn(CCN(CC(=O)O)S(=O)[O-])nn1. The molecule has 124 valence electrons. The van der Waals surface area contributed by atoms with Crippen molar-refractivity contribution in [1.82, 2.24) is 19.3 Å². The van der Waals surface area contributed by atoms with Crippen molar-refractivity contribution in [2.24, 2.45) is 16.5 Å². The molecule has 0 radical (unpaired) electrons. The third-order valence-corrected chi connectivity index (χ3v) is 3.31. The molecule has 1 rings (SSSR count). The van der Waals surface area contributed by atoms with Gasteiger partial charge < -0.3 is 21.1 Å². The molecule has 1 aromatic rings. The van der Waals surface area contributed by atoms with Crippen molar-refractivity contribution < 1.29 is 18.7 Å². The fourth-order valence-electron chi connectivity index (χ4n) is 1.60. The normalized spacial score (nSPS) is 12.3. The molecule has 0 saturated heterocycles. The number of aromatic nitrogens is 3. The first kappa shape index (κ1) is 18.0. The van der Waals surface area contributed by atoms with Crippen molar-refractivity contribution in [3.05, 3.63) is 11.9 Å². The maximum Gasteiger partial charge on any atom is 0.318 e. The van der Waals surface area contributed by atoms with Crippen LogP contribution in [0, 0.1) is 0 Å². The minimum Gasteiger partial charge on any atom is -0.760 e. The summed E-state index contributed by atoms with van der Waals surface area (Å²) in [5, 5.41) is 16.4. The van der Waals surface area contributed by atoms with Gasteiger partial charge in [-0.3, -0.25) is 18.7 Å². The number of hydrogen-bond donors (Lipinski definition) is 3. The van der Waals surface area contributed by atoms with Crippen LogP contribution < -0.4 is 11.5 Å². The average molecular weight is 332 g/mol. The zero-order chi connectivity index (χ0) is 16.5. The highest BCUT2D eigenvalue weighted by atomic mass is 32.2. The van der Waals surface area contributed by atoms with E-state index >= 15 is 0 Å². The zero-order valence-corrected chi connectivity index (χ0v) is 12.6. The van der Waals surface area contributed by atoms with Gasteiger partial charge in [-0.25, -0.2) is 4.31 Å². The molecule has 0 bridgehead atoms. The molecular formula is C10H18N7O4S-. The van der Waals surface area contributed by atoms with Crippen molar-refractivity contribution in [2.75, 3.05) is 19.6 Å². The van der Waals surface area contributed by atoms with Gasteiger partial charge in [-0.05, 0) is 12.8 Å². The van der Waals surface area contributed by atoms with Crippen LogP contribution in [0.1, 0.15) is 12.1 Å². The number of guanidine groups is 1. The number of carboxylic acids is 1. The highest BCUT2D eigenvalue weighted by Crippen LogP contribution is 2.00. The molecular weight excluding hydrogens is 314 g/mol. The van der Waals surface area contributed by atoms with Crippen LogP contribution in [0.4, 0.5) is 0 Å². The van der Waals surface area contributed by atoms with Gasteiger partial charge in [0.25, 0.3) is 0 Å². The van der Waals surface area contributed by atoms with Crippen LogP contribution in [-0.4, -0.2) is 64.7 Å². The van der Waals surface area contributed by atoms with E-state index in [9.17, 15) is 13.6 Å². The van der Waals surface area contributed by atoms with Crippen LogP contribution in [0.3, 0.4) is 0 Å². The van der Waals surface area contributed by atoms with Crippen LogP contribution >= 0.6 is 0 Å². The second kappa shape index (κ2) is 9.07. The molecule has 0 aliphatic rings. The number of nitrogens with zero attached hydrogens (tertiary/aromatic N) is 5. The maximum atomic E-state index is 10.9. The summed E-state index contributed by atoms with van der Waals surface area (Å²) in [5.74, 6) is -1.18. The summed E-state index contributed by atoms with van der Waals surface area (Å²) in [7, 11) is 0. The first-order valence-corrected chi connectivity index (χ1v) is 7.42. The molecule has 22 heavy (non-hydrogen) atoms. The average Bonchev–Trinajstić information content (AvgIpc) is 2.86. The summed E-state index contributed by atoms with van der Waals surface area (Å²) in [6.07, 6.45) is 3.00. The molecule has 0 fully saturated rings. The number of aliphatic imine (C=N–C) groups is 1. The van der Waals surface area contributed by atoms with Gasteiger partial charge in [0, 0.05) is 30.6 Å². The smallest absolute Gasteiger partial charge is 0.318 e. The Bertz CT molecular complexity index is 543. The largest absolute Gasteiger partial charge is 0.760 e. The van der Waals surface area contributed by atoms with Crippen molar-refractivity contribution in [3.8, 4) is 0 Å². The molecule has 0 spiro atoms. The van der Waals surface area contributed by atoms with Crippen molar-refractivity contribution in [3.63, 3.8) is 0 Å². The monoisotopic (exact) mass is 332 g/mol. The Morgan fingerprint density at radius 3 is 2.86 bits per heavy atom. The van der Waals surface area contributed by atoms with Gasteiger partial charge in [0.05, 0.1) is 12.2 Å². The number of carbonyl (C=O) groups is 1. The minimum absolute atomic E-state index is 0.000782. The molecule has 0 amide bonds. The first-order chi connectivity index (χ1) is 10.4. The fourth-order valence-corrected chi connectivity index (χ4v) is 2.05. The topological polar surface area (TPSA) is 176 Å². The number of hydrogen-bond acceptors (Lipinski definition) is 6. The van der Waals surface area contributed by atoms with Gasteiger partial charge in [0.2, 0.25) is 0 Å². The van der Waals surface area contributed by atoms with E-state index in [2.05, 4.69) is 15.3 Å². The third kappa shape index (κ3) is 7.10. The van der Waals surface area contributed by atoms with Crippen LogP contribution in [0.2, 0.25) is 0 Å². The third-order valence-electron chi connectivity index (χ3n) is 2.57. The Morgan fingerprint density at radius 1 is 1.55 bits per heavy atom. The second-order valence-corrected chi connectivity index (χ2v) is 5.31. The zero-order valence-electron chi connectivity index (χ0n) is 11.8. The molecule has 0 aliphatic carbocycles. The standard InChI is InChI=1S/C10H19N7O4S/c11-10(12)13-3-1-2-8-6-16(15-14-8)4-5-17(22(20)21)7-9(18)19/h6H,1-5,7H2,(H,18,19)(H,20,21)(H4,11,12,13)/p-1. The van der Waals surface area contributed by atoms with Crippen molar-refractivity contribution in [1.29, 1.82) is 0 Å². The molecule has 1 heterocycles. The van der Waals surface area contributed by atoms with Gasteiger partial charge in [0.15, 0.2) is 5.96 Å². The summed E-state index contributed by atoms with van der Waals surface area (Å²) in [5.41, 5.74) is 11.1. The lowest BCUT2D eigenvalue weighted by atomic mass is 10.2. The van der Waals surface area contributed by atoms with E-state index < -0.39 is 23.8 Å². The molecule has 0 saturated carbocycles. The molecule has 1 aromatic heterocycles.